The van der Waals surface area contributed by atoms with Crippen molar-refractivity contribution in [2.45, 2.75) is 51.2 Å². The molecule has 2 aliphatic rings. The minimum absolute atomic E-state index is 0.543. The normalized spacial score (nSPS) is 39.2. The van der Waals surface area contributed by atoms with Crippen LogP contribution in [0.5, 0.6) is 0 Å². The fraction of sp³-hybridized carbons (Fsp3) is 1.00. The second kappa shape index (κ2) is 5.28. The summed E-state index contributed by atoms with van der Waals surface area (Å²) in [5.74, 6) is 0. The molecule has 2 heterocycles. The van der Waals surface area contributed by atoms with Crippen LogP contribution in [0.15, 0.2) is 0 Å². The first-order chi connectivity index (χ1) is 7.27. The van der Waals surface area contributed by atoms with Crippen molar-refractivity contribution in [1.82, 2.24) is 10.2 Å². The third-order valence-electron chi connectivity index (χ3n) is 3.81. The summed E-state index contributed by atoms with van der Waals surface area (Å²) < 4.78 is 5.50. The third kappa shape index (κ3) is 2.92. The van der Waals surface area contributed by atoms with Gasteiger partial charge >= 0.3 is 0 Å². The van der Waals surface area contributed by atoms with Crippen LogP contribution in [-0.4, -0.2) is 49.3 Å². The Morgan fingerprint density at radius 3 is 2.60 bits per heavy atom. The Kier molecular flexibility index (Phi) is 4.00. The number of morpholine rings is 1. The van der Waals surface area contributed by atoms with Gasteiger partial charge in [0.2, 0.25) is 0 Å². The SMILES string of the molecule is C[C@@H]1CCC[C@H](C)N1CC1COCCN1. The predicted octanol–water partition coefficient (Wildman–Crippen LogP) is 1.24. The zero-order valence-corrected chi connectivity index (χ0v) is 10.0. The van der Waals surface area contributed by atoms with Gasteiger partial charge in [-0.05, 0) is 26.7 Å². The molecule has 1 unspecified atom stereocenters. The highest BCUT2D eigenvalue weighted by atomic mass is 16.5. The van der Waals surface area contributed by atoms with Crippen LogP contribution in [-0.2, 0) is 4.74 Å². The van der Waals surface area contributed by atoms with E-state index in [0.29, 0.717) is 6.04 Å². The van der Waals surface area contributed by atoms with Gasteiger partial charge in [-0.2, -0.15) is 0 Å². The molecule has 0 spiro atoms. The first-order valence-corrected chi connectivity index (χ1v) is 6.34. The lowest BCUT2D eigenvalue weighted by molar-refractivity contribution is 0.0334. The van der Waals surface area contributed by atoms with Crippen LogP contribution in [0.25, 0.3) is 0 Å². The summed E-state index contributed by atoms with van der Waals surface area (Å²) >= 11 is 0. The molecular formula is C12H24N2O. The zero-order valence-electron chi connectivity index (χ0n) is 10.0. The molecule has 3 atom stereocenters. The van der Waals surface area contributed by atoms with Gasteiger partial charge in [-0.3, -0.25) is 4.90 Å². The Morgan fingerprint density at radius 1 is 1.27 bits per heavy atom. The van der Waals surface area contributed by atoms with Crippen LogP contribution in [0.4, 0.5) is 0 Å². The molecule has 3 nitrogen and oxygen atoms in total. The number of nitrogens with zero attached hydrogens (tertiary/aromatic N) is 1. The Labute approximate surface area is 93.2 Å². The molecule has 0 amide bonds. The number of hydrogen-bond acceptors (Lipinski definition) is 3. The van der Waals surface area contributed by atoms with Crippen molar-refractivity contribution in [3.8, 4) is 0 Å². The van der Waals surface area contributed by atoms with Crippen molar-refractivity contribution in [1.29, 1.82) is 0 Å². The van der Waals surface area contributed by atoms with Gasteiger partial charge in [-0.1, -0.05) is 6.42 Å². The van der Waals surface area contributed by atoms with Crippen molar-refractivity contribution in [2.24, 2.45) is 0 Å². The molecule has 0 bridgehead atoms. The van der Waals surface area contributed by atoms with E-state index in [1.54, 1.807) is 0 Å². The summed E-state index contributed by atoms with van der Waals surface area (Å²) in [6, 6.07) is 2.04. The maximum absolute atomic E-state index is 5.50. The minimum atomic E-state index is 0.543. The van der Waals surface area contributed by atoms with E-state index in [9.17, 15) is 0 Å². The largest absolute Gasteiger partial charge is 0.378 e. The summed E-state index contributed by atoms with van der Waals surface area (Å²) in [4.78, 5) is 2.65. The maximum atomic E-state index is 5.50. The minimum Gasteiger partial charge on any atom is -0.378 e. The Balaban J connectivity index is 1.84. The lowest BCUT2D eigenvalue weighted by Crippen LogP contribution is -2.53. The fourth-order valence-electron chi connectivity index (χ4n) is 2.83. The molecular weight excluding hydrogens is 188 g/mol. The van der Waals surface area contributed by atoms with Crippen molar-refractivity contribution in [3.63, 3.8) is 0 Å². The van der Waals surface area contributed by atoms with Gasteiger partial charge in [-0.15, -0.1) is 0 Å². The van der Waals surface area contributed by atoms with E-state index in [2.05, 4.69) is 24.1 Å². The Bertz CT molecular complexity index is 182. The summed E-state index contributed by atoms with van der Waals surface area (Å²) in [6.07, 6.45) is 4.11. The molecule has 88 valence electrons. The molecule has 0 aliphatic carbocycles. The smallest absolute Gasteiger partial charge is 0.0632 e. The Morgan fingerprint density at radius 2 is 2.00 bits per heavy atom. The van der Waals surface area contributed by atoms with Crippen LogP contribution in [0, 0.1) is 0 Å². The van der Waals surface area contributed by atoms with Crippen LogP contribution >= 0.6 is 0 Å². The molecule has 15 heavy (non-hydrogen) atoms. The number of rotatable bonds is 2. The molecule has 2 rings (SSSR count). The van der Waals surface area contributed by atoms with Gasteiger partial charge in [0.1, 0.15) is 0 Å². The maximum Gasteiger partial charge on any atom is 0.0632 e. The van der Waals surface area contributed by atoms with Crippen molar-refractivity contribution < 1.29 is 4.74 Å². The van der Waals surface area contributed by atoms with Gasteiger partial charge in [0.05, 0.1) is 13.2 Å². The standard InChI is InChI=1S/C12H24N2O/c1-10-4-3-5-11(2)14(10)8-12-9-15-7-6-13-12/h10-13H,3-9H2,1-2H3/t10-,11+,12?. The molecule has 3 heteroatoms. The van der Waals surface area contributed by atoms with Gasteiger partial charge in [-0.25, -0.2) is 0 Å². The first-order valence-electron chi connectivity index (χ1n) is 6.34. The zero-order chi connectivity index (χ0) is 10.7. The highest BCUT2D eigenvalue weighted by molar-refractivity contribution is 4.84. The summed E-state index contributed by atoms with van der Waals surface area (Å²) in [6.45, 7) is 8.65. The van der Waals surface area contributed by atoms with Gasteiger partial charge in [0.15, 0.2) is 0 Å². The monoisotopic (exact) mass is 212 g/mol. The number of piperidine rings is 1. The van der Waals surface area contributed by atoms with Gasteiger partial charge in [0, 0.05) is 31.2 Å². The first kappa shape index (κ1) is 11.4. The molecule has 0 aromatic heterocycles. The van der Waals surface area contributed by atoms with Crippen LogP contribution in [0.3, 0.4) is 0 Å². The van der Waals surface area contributed by atoms with E-state index in [1.165, 1.54) is 19.3 Å². The number of nitrogens with one attached hydrogen (secondary N) is 1. The average Bonchev–Trinajstić information content (AvgIpc) is 2.25. The van der Waals surface area contributed by atoms with E-state index in [1.807, 2.05) is 0 Å². The van der Waals surface area contributed by atoms with E-state index in [4.69, 9.17) is 4.74 Å². The quantitative estimate of drug-likeness (QED) is 0.745. The lowest BCUT2D eigenvalue weighted by atomic mass is 9.97. The third-order valence-corrected chi connectivity index (χ3v) is 3.81. The summed E-state index contributed by atoms with van der Waals surface area (Å²) in [5, 5.41) is 3.54. The molecule has 2 aliphatic heterocycles. The second-order valence-electron chi connectivity index (χ2n) is 5.05. The van der Waals surface area contributed by atoms with Crippen LogP contribution < -0.4 is 5.32 Å². The van der Waals surface area contributed by atoms with Crippen molar-refractivity contribution >= 4 is 0 Å². The molecule has 2 saturated heterocycles. The van der Waals surface area contributed by atoms with Crippen molar-refractivity contribution in [2.75, 3.05) is 26.3 Å². The van der Waals surface area contributed by atoms with E-state index in [0.717, 1.165) is 38.4 Å². The molecule has 0 radical (unpaired) electrons. The highest BCUT2D eigenvalue weighted by Crippen LogP contribution is 2.22. The van der Waals surface area contributed by atoms with E-state index < -0.39 is 0 Å². The van der Waals surface area contributed by atoms with E-state index in [-0.39, 0.29) is 0 Å². The second-order valence-corrected chi connectivity index (χ2v) is 5.05. The Hall–Kier alpha value is -0.120. The summed E-state index contributed by atoms with van der Waals surface area (Å²) in [7, 11) is 0. The lowest BCUT2D eigenvalue weighted by Gasteiger charge is -2.41. The molecule has 0 aromatic carbocycles. The van der Waals surface area contributed by atoms with E-state index >= 15 is 0 Å². The number of ether oxygens (including phenoxy) is 1. The predicted molar refractivity (Wildman–Crippen MR) is 62.1 cm³/mol. The van der Waals surface area contributed by atoms with Gasteiger partial charge in [0.25, 0.3) is 0 Å². The molecule has 0 saturated carbocycles. The highest BCUT2D eigenvalue weighted by Gasteiger charge is 2.27. The molecule has 2 fully saturated rings. The van der Waals surface area contributed by atoms with Crippen LogP contribution in [0.1, 0.15) is 33.1 Å². The average molecular weight is 212 g/mol. The molecule has 0 aromatic rings. The fourth-order valence-corrected chi connectivity index (χ4v) is 2.83. The number of hydrogen-bond donors (Lipinski definition) is 1. The van der Waals surface area contributed by atoms with Crippen LogP contribution in [0.2, 0.25) is 0 Å². The molecule has 1 N–H and O–H groups in total. The van der Waals surface area contributed by atoms with Crippen molar-refractivity contribution in [3.05, 3.63) is 0 Å². The van der Waals surface area contributed by atoms with Gasteiger partial charge < -0.3 is 10.1 Å². The topological polar surface area (TPSA) is 24.5 Å². The summed E-state index contributed by atoms with van der Waals surface area (Å²) in [5.41, 5.74) is 0. The number of likely N-dealkylation sites (tertiary alicyclic amines) is 1.